The van der Waals surface area contributed by atoms with Gasteiger partial charge in [0.05, 0.1) is 12.8 Å². The van der Waals surface area contributed by atoms with Gasteiger partial charge in [0.25, 0.3) is 5.91 Å². The van der Waals surface area contributed by atoms with Gasteiger partial charge in [-0.3, -0.25) is 9.69 Å². The van der Waals surface area contributed by atoms with Crippen molar-refractivity contribution in [2.45, 2.75) is 33.0 Å². The number of carbonyl (C=O) groups is 1. The van der Waals surface area contributed by atoms with Crippen molar-refractivity contribution in [1.29, 1.82) is 0 Å². The van der Waals surface area contributed by atoms with Crippen LogP contribution in [0.2, 0.25) is 5.02 Å². The fourth-order valence-corrected chi connectivity index (χ4v) is 4.93. The molecular formula is C33H32ClN3O3. The molecule has 1 N–H and O–H groups in total. The molecule has 1 aliphatic rings. The summed E-state index contributed by atoms with van der Waals surface area (Å²) >= 11 is 6.07. The van der Waals surface area contributed by atoms with Gasteiger partial charge >= 0.3 is 0 Å². The Morgan fingerprint density at radius 2 is 1.75 bits per heavy atom. The molecule has 0 saturated heterocycles. The number of amides is 1. The van der Waals surface area contributed by atoms with Crippen LogP contribution in [0.15, 0.2) is 96.1 Å². The molecule has 0 saturated carbocycles. The summed E-state index contributed by atoms with van der Waals surface area (Å²) in [7, 11) is 0. The third-order valence-electron chi connectivity index (χ3n) is 6.76. The normalized spacial score (nSPS) is 13.2. The topological polar surface area (TPSA) is 63.2 Å². The number of hydrazone groups is 1. The van der Waals surface area contributed by atoms with Crippen molar-refractivity contribution in [3.05, 3.63) is 129 Å². The van der Waals surface area contributed by atoms with Crippen LogP contribution in [0, 0.1) is 0 Å². The zero-order valence-corrected chi connectivity index (χ0v) is 23.2. The molecule has 0 aromatic heterocycles. The Morgan fingerprint density at radius 3 is 2.55 bits per heavy atom. The van der Waals surface area contributed by atoms with Gasteiger partial charge in [-0.1, -0.05) is 60.1 Å². The zero-order valence-electron chi connectivity index (χ0n) is 22.5. The monoisotopic (exact) mass is 553 g/mol. The van der Waals surface area contributed by atoms with Crippen LogP contribution in [-0.4, -0.2) is 30.2 Å². The average Bonchev–Trinajstić information content (AvgIpc) is 2.97. The van der Waals surface area contributed by atoms with Gasteiger partial charge in [0.1, 0.15) is 6.61 Å². The van der Waals surface area contributed by atoms with Crippen molar-refractivity contribution in [3.63, 3.8) is 0 Å². The van der Waals surface area contributed by atoms with Crippen molar-refractivity contribution >= 4 is 23.7 Å². The maximum atomic E-state index is 12.7. The lowest BCUT2D eigenvalue weighted by atomic mass is 9.99. The number of nitrogens with zero attached hydrogens (tertiary/aromatic N) is 2. The predicted octanol–water partition coefficient (Wildman–Crippen LogP) is 6.64. The lowest BCUT2D eigenvalue weighted by Gasteiger charge is -2.28. The van der Waals surface area contributed by atoms with Gasteiger partial charge < -0.3 is 9.47 Å². The van der Waals surface area contributed by atoms with Crippen molar-refractivity contribution in [3.8, 4) is 11.5 Å². The summed E-state index contributed by atoms with van der Waals surface area (Å²) in [6.07, 6.45) is 2.66. The van der Waals surface area contributed by atoms with Crippen molar-refractivity contribution in [2.24, 2.45) is 5.10 Å². The molecule has 1 aliphatic heterocycles. The van der Waals surface area contributed by atoms with Crippen LogP contribution in [0.3, 0.4) is 0 Å². The quantitative estimate of drug-likeness (QED) is 0.177. The summed E-state index contributed by atoms with van der Waals surface area (Å²) < 4.78 is 11.7. The second-order valence-electron chi connectivity index (χ2n) is 9.68. The molecule has 0 spiro atoms. The molecule has 6 nitrogen and oxygen atoms in total. The van der Waals surface area contributed by atoms with Crippen LogP contribution in [0.25, 0.3) is 0 Å². The minimum atomic E-state index is -0.263. The highest BCUT2D eigenvalue weighted by Gasteiger charge is 2.16. The Morgan fingerprint density at radius 1 is 0.925 bits per heavy atom. The first kappa shape index (κ1) is 27.4. The number of halogens is 1. The summed E-state index contributed by atoms with van der Waals surface area (Å²) in [6.45, 7) is 5.62. The molecule has 4 aromatic carbocycles. The summed E-state index contributed by atoms with van der Waals surface area (Å²) in [5.74, 6) is 0.964. The highest BCUT2D eigenvalue weighted by molar-refractivity contribution is 6.30. The smallest absolute Gasteiger partial charge is 0.271 e. The zero-order chi connectivity index (χ0) is 27.7. The summed E-state index contributed by atoms with van der Waals surface area (Å²) in [4.78, 5) is 15.1. The van der Waals surface area contributed by atoms with Crippen LogP contribution in [0.4, 0.5) is 0 Å². The van der Waals surface area contributed by atoms with E-state index < -0.39 is 0 Å². The van der Waals surface area contributed by atoms with E-state index >= 15 is 0 Å². The summed E-state index contributed by atoms with van der Waals surface area (Å²) in [5.41, 5.74) is 8.94. The van der Waals surface area contributed by atoms with E-state index in [1.807, 2.05) is 73.7 Å². The molecule has 0 radical (unpaired) electrons. The highest BCUT2D eigenvalue weighted by atomic mass is 35.5. The third-order valence-corrected chi connectivity index (χ3v) is 7.00. The molecule has 4 aromatic rings. The Labute approximate surface area is 240 Å². The van der Waals surface area contributed by atoms with Gasteiger partial charge in [0.2, 0.25) is 0 Å². The molecule has 204 valence electrons. The SMILES string of the molecule is CCOc1cc(/C=N/NC(=O)c2ccc(CN3CCc4ccccc4C3)cc2)ccc1OCc1cccc(Cl)c1. The number of carbonyl (C=O) groups excluding carboxylic acids is 1. The number of rotatable bonds is 10. The van der Waals surface area contributed by atoms with Gasteiger partial charge in [0, 0.05) is 30.2 Å². The van der Waals surface area contributed by atoms with Crippen LogP contribution in [0.1, 0.15) is 45.1 Å². The van der Waals surface area contributed by atoms with Gasteiger partial charge in [-0.05, 0) is 83.6 Å². The van der Waals surface area contributed by atoms with Gasteiger partial charge in [0.15, 0.2) is 11.5 Å². The summed E-state index contributed by atoms with van der Waals surface area (Å²) in [6, 6.07) is 29.4. The number of hydrogen-bond acceptors (Lipinski definition) is 5. The number of benzene rings is 4. The molecule has 1 amide bonds. The molecule has 0 aliphatic carbocycles. The molecule has 0 fully saturated rings. The van der Waals surface area contributed by atoms with E-state index in [0.29, 0.717) is 35.3 Å². The molecule has 40 heavy (non-hydrogen) atoms. The van der Waals surface area contributed by atoms with Crippen molar-refractivity contribution in [2.75, 3.05) is 13.2 Å². The molecule has 0 unspecified atom stereocenters. The van der Waals surface area contributed by atoms with E-state index in [0.717, 1.165) is 37.2 Å². The van der Waals surface area contributed by atoms with Gasteiger partial charge in [-0.15, -0.1) is 0 Å². The minimum Gasteiger partial charge on any atom is -0.490 e. The fraction of sp³-hybridized carbons (Fsp3) is 0.212. The van der Waals surface area contributed by atoms with Crippen molar-refractivity contribution < 1.29 is 14.3 Å². The first-order valence-electron chi connectivity index (χ1n) is 13.4. The fourth-order valence-electron chi connectivity index (χ4n) is 4.72. The lowest BCUT2D eigenvalue weighted by Crippen LogP contribution is -2.30. The molecule has 1 heterocycles. The third kappa shape index (κ3) is 7.29. The number of hydrogen-bond donors (Lipinski definition) is 1. The first-order valence-corrected chi connectivity index (χ1v) is 13.8. The lowest BCUT2D eigenvalue weighted by molar-refractivity contribution is 0.0955. The molecular weight excluding hydrogens is 522 g/mol. The molecule has 5 rings (SSSR count). The Kier molecular flexibility index (Phi) is 9.11. The predicted molar refractivity (Wildman–Crippen MR) is 159 cm³/mol. The Bertz CT molecular complexity index is 1490. The van der Waals surface area contributed by atoms with Gasteiger partial charge in [-0.2, -0.15) is 5.10 Å². The maximum absolute atomic E-state index is 12.7. The summed E-state index contributed by atoms with van der Waals surface area (Å²) in [5, 5.41) is 4.81. The van der Waals surface area contributed by atoms with E-state index in [1.54, 1.807) is 6.21 Å². The van der Waals surface area contributed by atoms with E-state index in [4.69, 9.17) is 21.1 Å². The molecule has 0 bridgehead atoms. The molecule has 0 atom stereocenters. The van der Waals surface area contributed by atoms with E-state index in [2.05, 4.69) is 39.7 Å². The standard InChI is InChI=1S/C33H32ClN3O3/c1-2-39-32-19-25(12-15-31(32)40-23-26-6-5-9-30(34)18-26)20-35-36-33(38)28-13-10-24(11-14-28)21-37-17-16-27-7-3-4-8-29(27)22-37/h3-15,18-20H,2,16-17,21-23H2,1H3,(H,36,38)/b35-20+. The highest BCUT2D eigenvalue weighted by Crippen LogP contribution is 2.29. The van der Waals surface area contributed by atoms with Gasteiger partial charge in [-0.25, -0.2) is 5.43 Å². The number of ether oxygens (including phenoxy) is 2. The Hall–Kier alpha value is -4.13. The second kappa shape index (κ2) is 13.3. The maximum Gasteiger partial charge on any atom is 0.271 e. The average molecular weight is 554 g/mol. The van der Waals surface area contributed by atoms with Crippen LogP contribution in [0.5, 0.6) is 11.5 Å². The van der Waals surface area contributed by atoms with Crippen LogP contribution >= 0.6 is 11.6 Å². The minimum absolute atomic E-state index is 0.263. The van der Waals surface area contributed by atoms with Crippen LogP contribution in [-0.2, 0) is 26.1 Å². The number of nitrogens with one attached hydrogen (secondary N) is 1. The largest absolute Gasteiger partial charge is 0.490 e. The first-order chi connectivity index (χ1) is 19.6. The number of fused-ring (bicyclic) bond motifs is 1. The van der Waals surface area contributed by atoms with Crippen LogP contribution < -0.4 is 14.9 Å². The Balaban J connectivity index is 1.14. The van der Waals surface area contributed by atoms with E-state index in [1.165, 1.54) is 16.7 Å². The molecule has 7 heteroatoms. The van der Waals surface area contributed by atoms with E-state index in [-0.39, 0.29) is 5.91 Å². The van der Waals surface area contributed by atoms with E-state index in [9.17, 15) is 4.79 Å². The van der Waals surface area contributed by atoms with Crippen molar-refractivity contribution in [1.82, 2.24) is 10.3 Å². The second-order valence-corrected chi connectivity index (χ2v) is 10.1.